The molecule has 3 unspecified atom stereocenters. The Kier molecular flexibility index (Phi) is 5.79. The number of rotatable bonds is 8. The monoisotopic (exact) mass is 385 g/mol. The number of amides is 3. The summed E-state index contributed by atoms with van der Waals surface area (Å²) in [5.74, 6) is -1.79. The maximum atomic E-state index is 12.8. The van der Waals surface area contributed by atoms with E-state index in [1.165, 1.54) is 24.9 Å². The molecule has 0 heterocycles. The minimum Gasteiger partial charge on any atom is -0.336 e. The molecule has 8 nitrogen and oxygen atoms in total. The lowest BCUT2D eigenvalue weighted by molar-refractivity contribution is -0.140. The first-order valence-electron chi connectivity index (χ1n) is 8.89. The van der Waals surface area contributed by atoms with Crippen LogP contribution in [-0.4, -0.2) is 54.9 Å². The Morgan fingerprint density at radius 1 is 1.27 bits per heavy atom. The van der Waals surface area contributed by atoms with E-state index < -0.39 is 38.7 Å². The fourth-order valence-corrected chi connectivity index (χ4v) is 4.49. The van der Waals surface area contributed by atoms with E-state index in [0.717, 1.165) is 0 Å². The number of carbonyl (C=O) groups is 3. The normalized spacial score (nSPS) is 25.8. The Balaban J connectivity index is 2.22. The molecule has 0 radical (unpaired) electrons. The summed E-state index contributed by atoms with van der Waals surface area (Å²) >= 11 is 0. The zero-order chi connectivity index (χ0) is 19.7. The second kappa shape index (κ2) is 7.38. The Morgan fingerprint density at radius 2 is 1.88 bits per heavy atom. The van der Waals surface area contributed by atoms with Crippen molar-refractivity contribution in [3.05, 3.63) is 12.2 Å². The number of likely N-dealkylation sites (N-methyl/N-ethyl adjacent to an activating group) is 1. The summed E-state index contributed by atoms with van der Waals surface area (Å²) in [5.41, 5.74) is -1.40. The number of carbonyl (C=O) groups excluding carboxylic acids is 3. The number of nitrogens with zero attached hydrogens (tertiary/aromatic N) is 1. The van der Waals surface area contributed by atoms with E-state index in [1.54, 1.807) is 13.0 Å². The van der Waals surface area contributed by atoms with E-state index in [9.17, 15) is 22.8 Å². The van der Waals surface area contributed by atoms with Gasteiger partial charge in [0.25, 0.3) is 5.91 Å². The van der Waals surface area contributed by atoms with Crippen LogP contribution in [-0.2, 0) is 24.4 Å². The average Bonchev–Trinajstić information content (AvgIpc) is 3.37. The van der Waals surface area contributed by atoms with E-state index in [-0.39, 0.29) is 11.8 Å². The largest absolute Gasteiger partial charge is 0.336 e. The predicted octanol–water partition coefficient (Wildman–Crippen LogP) is 0.303. The standard InChI is InChI=1S/C17H27N3O5S/c1-5-12-9-10-17(12,16(23)19-26(24,25)13-7-8-13)18-15(22)14(6-2)20(4)11(3)21/h9-10,12-14H,5-8H2,1-4H3,(H,18,22)(H,19,23). The number of hydrogen-bond acceptors (Lipinski definition) is 5. The van der Waals surface area contributed by atoms with Crippen molar-refractivity contribution in [2.45, 2.75) is 63.3 Å². The Hall–Kier alpha value is -1.90. The van der Waals surface area contributed by atoms with Gasteiger partial charge in [-0.1, -0.05) is 26.0 Å². The first kappa shape index (κ1) is 20.4. The Labute approximate surface area is 154 Å². The van der Waals surface area contributed by atoms with E-state index >= 15 is 0 Å². The van der Waals surface area contributed by atoms with Crippen LogP contribution in [0.3, 0.4) is 0 Å². The molecule has 0 saturated heterocycles. The summed E-state index contributed by atoms with van der Waals surface area (Å²) in [6.45, 7) is 4.98. The second-order valence-electron chi connectivity index (χ2n) is 6.96. The third-order valence-corrected chi connectivity index (χ3v) is 6.99. The van der Waals surface area contributed by atoms with Crippen LogP contribution in [0.25, 0.3) is 0 Å². The Morgan fingerprint density at radius 3 is 2.27 bits per heavy atom. The smallest absolute Gasteiger partial charge is 0.263 e. The van der Waals surface area contributed by atoms with E-state index in [2.05, 4.69) is 10.0 Å². The molecule has 1 fully saturated rings. The van der Waals surface area contributed by atoms with Gasteiger partial charge in [0, 0.05) is 19.9 Å². The number of hydrogen-bond donors (Lipinski definition) is 2. The molecule has 0 aliphatic heterocycles. The highest BCUT2D eigenvalue weighted by molar-refractivity contribution is 7.90. The van der Waals surface area contributed by atoms with Crippen molar-refractivity contribution in [3.63, 3.8) is 0 Å². The van der Waals surface area contributed by atoms with Crippen LogP contribution in [0.4, 0.5) is 0 Å². The summed E-state index contributed by atoms with van der Waals surface area (Å²) in [5, 5.41) is 2.17. The summed E-state index contributed by atoms with van der Waals surface area (Å²) < 4.78 is 26.4. The van der Waals surface area contributed by atoms with Crippen LogP contribution in [0, 0.1) is 5.92 Å². The molecule has 0 spiro atoms. The van der Waals surface area contributed by atoms with Crippen LogP contribution in [0.15, 0.2) is 12.2 Å². The minimum atomic E-state index is -3.72. The second-order valence-corrected chi connectivity index (χ2v) is 8.92. The van der Waals surface area contributed by atoms with Gasteiger partial charge in [-0.15, -0.1) is 0 Å². The van der Waals surface area contributed by atoms with Crippen molar-refractivity contribution in [1.82, 2.24) is 14.9 Å². The van der Waals surface area contributed by atoms with Crippen molar-refractivity contribution in [3.8, 4) is 0 Å². The lowest BCUT2D eigenvalue weighted by atomic mass is 9.72. The van der Waals surface area contributed by atoms with Crippen LogP contribution >= 0.6 is 0 Å². The Bertz CT molecular complexity index is 729. The summed E-state index contributed by atoms with van der Waals surface area (Å²) in [7, 11) is -2.20. The molecule has 2 N–H and O–H groups in total. The summed E-state index contributed by atoms with van der Waals surface area (Å²) in [6, 6.07) is -0.733. The maximum Gasteiger partial charge on any atom is 0.263 e. The van der Waals surface area contributed by atoms with Gasteiger partial charge in [0.05, 0.1) is 5.25 Å². The molecule has 2 aliphatic rings. The first-order chi connectivity index (χ1) is 12.1. The van der Waals surface area contributed by atoms with Crippen molar-refractivity contribution in [1.29, 1.82) is 0 Å². The number of nitrogens with one attached hydrogen (secondary N) is 2. The first-order valence-corrected chi connectivity index (χ1v) is 10.4. The topological polar surface area (TPSA) is 113 Å². The highest BCUT2D eigenvalue weighted by Crippen LogP contribution is 2.35. The van der Waals surface area contributed by atoms with Gasteiger partial charge >= 0.3 is 0 Å². The lowest BCUT2D eigenvalue weighted by Crippen LogP contribution is -2.67. The van der Waals surface area contributed by atoms with Crippen LogP contribution in [0.5, 0.6) is 0 Å². The molecule has 0 aromatic heterocycles. The van der Waals surface area contributed by atoms with Gasteiger partial charge in [0.2, 0.25) is 21.8 Å². The van der Waals surface area contributed by atoms with E-state index in [0.29, 0.717) is 25.7 Å². The molecule has 146 valence electrons. The van der Waals surface area contributed by atoms with Gasteiger partial charge in [-0.25, -0.2) is 8.42 Å². The van der Waals surface area contributed by atoms with Crippen molar-refractivity contribution >= 4 is 27.7 Å². The predicted molar refractivity (Wildman–Crippen MR) is 96.4 cm³/mol. The highest BCUT2D eigenvalue weighted by Gasteiger charge is 2.51. The fourth-order valence-electron chi connectivity index (χ4n) is 3.14. The van der Waals surface area contributed by atoms with Gasteiger partial charge in [-0.3, -0.25) is 19.1 Å². The SMILES string of the molecule is CCC(C(=O)NC1(C(=O)NS(=O)(=O)C2CC2)C=CC1CC)N(C)C(C)=O. The van der Waals surface area contributed by atoms with Crippen LogP contribution in [0.2, 0.25) is 0 Å². The molecule has 2 aliphatic carbocycles. The molecule has 9 heteroatoms. The molecular formula is C17H27N3O5S. The van der Waals surface area contributed by atoms with E-state index in [4.69, 9.17) is 0 Å². The molecule has 2 rings (SSSR count). The van der Waals surface area contributed by atoms with Crippen molar-refractivity contribution < 1.29 is 22.8 Å². The molecule has 0 aromatic carbocycles. The number of sulfonamides is 1. The van der Waals surface area contributed by atoms with Gasteiger partial charge in [0.1, 0.15) is 11.6 Å². The maximum absolute atomic E-state index is 12.8. The zero-order valence-electron chi connectivity index (χ0n) is 15.6. The zero-order valence-corrected chi connectivity index (χ0v) is 16.4. The van der Waals surface area contributed by atoms with Gasteiger partial charge in [-0.05, 0) is 25.7 Å². The van der Waals surface area contributed by atoms with Crippen molar-refractivity contribution in [2.24, 2.45) is 5.92 Å². The summed E-state index contributed by atoms with van der Waals surface area (Å²) in [4.78, 5) is 38.4. The third-order valence-electron chi connectivity index (χ3n) is 5.17. The highest BCUT2D eigenvalue weighted by atomic mass is 32.2. The third kappa shape index (κ3) is 3.77. The minimum absolute atomic E-state index is 0.266. The van der Waals surface area contributed by atoms with E-state index in [1.807, 2.05) is 6.92 Å². The molecule has 0 bridgehead atoms. The quantitative estimate of drug-likeness (QED) is 0.584. The van der Waals surface area contributed by atoms with Crippen molar-refractivity contribution in [2.75, 3.05) is 7.05 Å². The van der Waals surface area contributed by atoms with Gasteiger partial charge in [0.15, 0.2) is 0 Å². The average molecular weight is 385 g/mol. The van der Waals surface area contributed by atoms with Crippen LogP contribution in [0.1, 0.15) is 46.5 Å². The van der Waals surface area contributed by atoms with Gasteiger partial charge < -0.3 is 10.2 Å². The lowest BCUT2D eigenvalue weighted by Gasteiger charge is -2.43. The molecular weight excluding hydrogens is 358 g/mol. The molecule has 26 heavy (non-hydrogen) atoms. The van der Waals surface area contributed by atoms with Crippen LogP contribution < -0.4 is 10.0 Å². The molecule has 1 saturated carbocycles. The molecule has 0 aromatic rings. The fraction of sp³-hybridized carbons (Fsp3) is 0.706. The molecule has 3 amide bonds. The molecule has 3 atom stereocenters. The summed E-state index contributed by atoms with van der Waals surface area (Å²) in [6.07, 6.45) is 5.32. The van der Waals surface area contributed by atoms with Gasteiger partial charge in [-0.2, -0.15) is 0 Å².